The van der Waals surface area contributed by atoms with Crippen LogP contribution in [-0.2, 0) is 26.1 Å². The van der Waals surface area contributed by atoms with Crippen molar-refractivity contribution in [3.63, 3.8) is 0 Å². The summed E-state index contributed by atoms with van der Waals surface area (Å²) >= 11 is 0. The van der Waals surface area contributed by atoms with Crippen LogP contribution in [0.5, 0.6) is 0 Å². The molecule has 0 radical (unpaired) electrons. The number of ether oxygens (including phenoxy) is 1. The van der Waals surface area contributed by atoms with Gasteiger partial charge in [0.05, 0.1) is 4.90 Å². The zero-order valence-electron chi connectivity index (χ0n) is 17.7. The van der Waals surface area contributed by atoms with E-state index >= 15 is 0 Å². The second-order valence-electron chi connectivity index (χ2n) is 7.37. The van der Waals surface area contributed by atoms with Crippen LogP contribution in [0.4, 0.5) is 0 Å². The van der Waals surface area contributed by atoms with Gasteiger partial charge in [-0.05, 0) is 38.0 Å². The number of ketones is 1. The van der Waals surface area contributed by atoms with Crippen molar-refractivity contribution in [3.05, 3.63) is 66.0 Å². The van der Waals surface area contributed by atoms with Crippen molar-refractivity contribution in [1.82, 2.24) is 9.29 Å². The molecule has 1 aromatic heterocycles. The highest BCUT2D eigenvalue weighted by atomic mass is 32.2. The number of carbonyl (C=O) groups is 2. The number of nitrogens with zero attached hydrogens (tertiary/aromatic N) is 1. The zero-order valence-corrected chi connectivity index (χ0v) is 18.5. The summed E-state index contributed by atoms with van der Waals surface area (Å²) in [7, 11) is -3.90. The van der Waals surface area contributed by atoms with Crippen LogP contribution in [0.1, 0.15) is 35.6 Å². The molecule has 0 fully saturated rings. The van der Waals surface area contributed by atoms with Gasteiger partial charge in [-0.25, -0.2) is 8.42 Å². The Hall–Kier alpha value is -2.71. The molecule has 1 heterocycles. The van der Waals surface area contributed by atoms with Crippen LogP contribution in [0.25, 0.3) is 0 Å². The third kappa shape index (κ3) is 5.46. The molecule has 0 amide bonds. The molecule has 1 aromatic carbocycles. The van der Waals surface area contributed by atoms with E-state index in [1.807, 2.05) is 18.4 Å². The minimum Gasteiger partial charge on any atom is -0.456 e. The van der Waals surface area contributed by atoms with Gasteiger partial charge in [-0.3, -0.25) is 9.59 Å². The van der Waals surface area contributed by atoms with E-state index in [1.165, 1.54) is 12.1 Å². The van der Waals surface area contributed by atoms with Crippen LogP contribution in [0.2, 0.25) is 0 Å². The number of rotatable bonds is 10. The van der Waals surface area contributed by atoms with E-state index in [0.717, 1.165) is 11.4 Å². The van der Waals surface area contributed by atoms with Gasteiger partial charge in [0.2, 0.25) is 15.8 Å². The Balaban J connectivity index is 2.10. The van der Waals surface area contributed by atoms with Crippen molar-refractivity contribution < 1.29 is 22.7 Å². The van der Waals surface area contributed by atoms with Crippen molar-refractivity contribution >= 4 is 21.8 Å². The fourth-order valence-corrected chi connectivity index (χ4v) is 4.44. The maximum absolute atomic E-state index is 12.6. The number of sulfonamides is 1. The highest BCUT2D eigenvalue weighted by Gasteiger charge is 2.30. The number of hydrogen-bond acceptors (Lipinski definition) is 5. The number of carbonyl (C=O) groups excluding carboxylic acids is 2. The first-order chi connectivity index (χ1) is 14.1. The number of hydrogen-bond donors (Lipinski definition) is 1. The van der Waals surface area contributed by atoms with Gasteiger partial charge in [0.1, 0.15) is 6.04 Å². The van der Waals surface area contributed by atoms with Gasteiger partial charge in [0.15, 0.2) is 6.61 Å². The largest absolute Gasteiger partial charge is 0.456 e. The number of aromatic nitrogens is 1. The van der Waals surface area contributed by atoms with Crippen molar-refractivity contribution in [2.75, 3.05) is 6.61 Å². The molecule has 0 aliphatic rings. The first-order valence-electron chi connectivity index (χ1n) is 9.63. The molecule has 162 valence electrons. The van der Waals surface area contributed by atoms with Crippen molar-refractivity contribution in [1.29, 1.82) is 0 Å². The molecule has 0 unspecified atom stereocenters. The molecule has 8 heteroatoms. The Bertz CT molecular complexity index is 1020. The Labute approximate surface area is 177 Å². The topological polar surface area (TPSA) is 94.5 Å². The summed E-state index contributed by atoms with van der Waals surface area (Å²) in [6.07, 6.45) is 1.74. The van der Waals surface area contributed by atoms with Crippen LogP contribution in [-0.4, -0.2) is 37.4 Å². The van der Waals surface area contributed by atoms with Crippen LogP contribution < -0.4 is 4.72 Å². The summed E-state index contributed by atoms with van der Waals surface area (Å²) in [5, 5.41) is 0. The fraction of sp³-hybridized carbons (Fsp3) is 0.364. The number of nitrogens with one attached hydrogen (secondary N) is 1. The number of allylic oxidation sites excluding steroid dienone is 1. The van der Waals surface area contributed by atoms with Gasteiger partial charge in [-0.15, -0.1) is 6.58 Å². The Kier molecular flexibility index (Phi) is 7.75. The van der Waals surface area contributed by atoms with E-state index in [2.05, 4.69) is 11.3 Å². The van der Waals surface area contributed by atoms with Crippen molar-refractivity contribution in [2.24, 2.45) is 5.92 Å². The van der Waals surface area contributed by atoms with Gasteiger partial charge in [-0.1, -0.05) is 38.1 Å². The monoisotopic (exact) mass is 432 g/mol. The number of Topliss-reactive ketones (excluding diaryl/α,β-unsaturated/α-hetero) is 1. The second kappa shape index (κ2) is 9.86. The smallest absolute Gasteiger partial charge is 0.324 e. The molecule has 1 N–H and O–H groups in total. The molecule has 2 aromatic rings. The summed E-state index contributed by atoms with van der Waals surface area (Å²) in [6, 6.07) is 8.40. The van der Waals surface area contributed by atoms with Gasteiger partial charge in [0, 0.05) is 23.5 Å². The van der Waals surface area contributed by atoms with E-state index < -0.39 is 28.6 Å². The number of esters is 1. The minimum atomic E-state index is -3.90. The second-order valence-corrected chi connectivity index (χ2v) is 9.08. The standard InChI is InChI=1S/C22H28N2O5S/c1-6-12-24-16(4)13-19(17(24)5)20(25)14-29-22(26)21(15(2)3)23-30(27,28)18-10-8-7-9-11-18/h6-11,13,15,21,23H,1,12,14H2,2-5H3/t21-/m0/s1. The maximum atomic E-state index is 12.6. The summed E-state index contributed by atoms with van der Waals surface area (Å²) in [4.78, 5) is 25.2. The summed E-state index contributed by atoms with van der Waals surface area (Å²) in [5.41, 5.74) is 2.13. The average molecular weight is 433 g/mol. The fourth-order valence-electron chi connectivity index (χ4n) is 3.09. The van der Waals surface area contributed by atoms with Crippen LogP contribution in [0, 0.1) is 19.8 Å². The number of aryl methyl sites for hydroxylation is 1. The summed E-state index contributed by atoms with van der Waals surface area (Å²) in [6.45, 7) is 10.9. The zero-order chi connectivity index (χ0) is 22.5. The van der Waals surface area contributed by atoms with Gasteiger partial charge >= 0.3 is 5.97 Å². The van der Waals surface area contributed by atoms with Gasteiger partial charge in [0.25, 0.3) is 0 Å². The molecule has 0 saturated carbocycles. The third-order valence-electron chi connectivity index (χ3n) is 4.79. The van der Waals surface area contributed by atoms with Crippen molar-refractivity contribution in [3.8, 4) is 0 Å². The molecule has 0 aliphatic heterocycles. The Morgan fingerprint density at radius 1 is 1.20 bits per heavy atom. The predicted molar refractivity (Wildman–Crippen MR) is 115 cm³/mol. The summed E-state index contributed by atoms with van der Waals surface area (Å²) in [5.74, 6) is -1.51. The van der Waals surface area contributed by atoms with Crippen LogP contribution in [0.15, 0.2) is 53.9 Å². The first-order valence-corrected chi connectivity index (χ1v) is 11.1. The molecule has 0 aliphatic carbocycles. The van der Waals surface area contributed by atoms with Crippen LogP contribution >= 0.6 is 0 Å². The Morgan fingerprint density at radius 2 is 1.83 bits per heavy atom. The minimum absolute atomic E-state index is 0.0502. The first kappa shape index (κ1) is 23.6. The molecule has 0 saturated heterocycles. The SMILES string of the molecule is C=CCn1c(C)cc(C(=O)COC(=O)[C@@H](NS(=O)(=O)c2ccccc2)C(C)C)c1C. The van der Waals surface area contributed by atoms with E-state index in [-0.39, 0.29) is 16.6 Å². The van der Waals surface area contributed by atoms with E-state index in [9.17, 15) is 18.0 Å². The quantitative estimate of drug-likeness (QED) is 0.354. The lowest BCUT2D eigenvalue weighted by Crippen LogP contribution is -2.45. The predicted octanol–water partition coefficient (Wildman–Crippen LogP) is 3.02. The highest BCUT2D eigenvalue weighted by molar-refractivity contribution is 7.89. The number of benzene rings is 1. The van der Waals surface area contributed by atoms with E-state index in [1.54, 1.807) is 44.2 Å². The normalized spacial score (nSPS) is 12.6. The molecular formula is C22H28N2O5S. The molecule has 1 atom stereocenters. The lowest BCUT2D eigenvalue weighted by atomic mass is 10.1. The van der Waals surface area contributed by atoms with Gasteiger partial charge in [-0.2, -0.15) is 4.72 Å². The highest BCUT2D eigenvalue weighted by Crippen LogP contribution is 2.17. The Morgan fingerprint density at radius 3 is 2.40 bits per heavy atom. The lowest BCUT2D eigenvalue weighted by Gasteiger charge is -2.20. The molecule has 7 nitrogen and oxygen atoms in total. The molecule has 0 spiro atoms. The molecular weight excluding hydrogens is 404 g/mol. The lowest BCUT2D eigenvalue weighted by molar-refractivity contribution is -0.145. The van der Waals surface area contributed by atoms with Gasteiger partial charge < -0.3 is 9.30 Å². The maximum Gasteiger partial charge on any atom is 0.324 e. The van der Waals surface area contributed by atoms with E-state index in [0.29, 0.717) is 12.1 Å². The third-order valence-corrected chi connectivity index (χ3v) is 6.24. The molecule has 2 rings (SSSR count). The molecule has 30 heavy (non-hydrogen) atoms. The van der Waals surface area contributed by atoms with Crippen molar-refractivity contribution in [2.45, 2.75) is 45.2 Å². The van der Waals surface area contributed by atoms with Crippen LogP contribution in [0.3, 0.4) is 0 Å². The van der Waals surface area contributed by atoms with E-state index in [4.69, 9.17) is 4.74 Å². The molecule has 0 bridgehead atoms. The summed E-state index contributed by atoms with van der Waals surface area (Å²) < 4.78 is 34.6. The average Bonchev–Trinajstić information content (AvgIpc) is 2.99.